The Morgan fingerprint density at radius 1 is 1.29 bits per heavy atom. The van der Waals surface area contributed by atoms with Crippen molar-refractivity contribution in [2.75, 3.05) is 24.9 Å². The van der Waals surface area contributed by atoms with Crippen LogP contribution in [0.2, 0.25) is 0 Å². The molecule has 1 aliphatic heterocycles. The number of likely N-dealkylation sites (N-methyl/N-ethyl adjacent to an activating group) is 1. The summed E-state index contributed by atoms with van der Waals surface area (Å²) in [6, 6.07) is 9.81. The van der Waals surface area contributed by atoms with Crippen LogP contribution in [0, 0.1) is 12.7 Å². The summed E-state index contributed by atoms with van der Waals surface area (Å²) in [7, 11) is -2.37. The van der Waals surface area contributed by atoms with Gasteiger partial charge in [-0.05, 0) is 49.6 Å². The molecular weight excluding hydrogens is 383 g/mol. The van der Waals surface area contributed by atoms with E-state index < -0.39 is 15.8 Å². The van der Waals surface area contributed by atoms with Crippen molar-refractivity contribution in [3.63, 3.8) is 0 Å². The molecule has 1 heterocycles. The minimum atomic E-state index is -4.04. The molecular formula is C20H23FN2O4S. The lowest BCUT2D eigenvalue weighted by Gasteiger charge is -2.22. The average molecular weight is 406 g/mol. The number of benzene rings is 2. The van der Waals surface area contributed by atoms with Crippen molar-refractivity contribution >= 4 is 21.6 Å². The molecule has 3 rings (SSSR count). The second-order valence-corrected chi connectivity index (χ2v) is 8.57. The maximum Gasteiger partial charge on any atom is 0.262 e. The largest absolute Gasteiger partial charge is 0.376 e. The van der Waals surface area contributed by atoms with E-state index in [9.17, 15) is 17.6 Å². The van der Waals surface area contributed by atoms with Crippen molar-refractivity contribution in [2.45, 2.75) is 30.8 Å². The Labute approximate surface area is 164 Å². The number of sulfonamides is 1. The molecule has 1 fully saturated rings. The summed E-state index contributed by atoms with van der Waals surface area (Å²) in [6.07, 6.45) is 1.88. The zero-order chi connectivity index (χ0) is 20.3. The molecule has 28 heavy (non-hydrogen) atoms. The number of halogens is 1. The van der Waals surface area contributed by atoms with Crippen molar-refractivity contribution in [3.8, 4) is 0 Å². The van der Waals surface area contributed by atoms with Gasteiger partial charge in [0.15, 0.2) is 0 Å². The molecule has 2 aromatic carbocycles. The number of amides is 1. The van der Waals surface area contributed by atoms with Gasteiger partial charge < -0.3 is 9.64 Å². The van der Waals surface area contributed by atoms with Crippen molar-refractivity contribution in [1.82, 2.24) is 4.90 Å². The molecule has 0 saturated carbocycles. The molecule has 0 spiro atoms. The van der Waals surface area contributed by atoms with Gasteiger partial charge in [0, 0.05) is 25.8 Å². The van der Waals surface area contributed by atoms with Crippen LogP contribution in [-0.2, 0) is 14.8 Å². The number of aryl methyl sites for hydroxylation is 1. The molecule has 0 bridgehead atoms. The van der Waals surface area contributed by atoms with Crippen LogP contribution in [-0.4, -0.2) is 45.5 Å². The van der Waals surface area contributed by atoms with E-state index in [1.807, 2.05) is 0 Å². The molecule has 8 heteroatoms. The number of hydrogen-bond donors (Lipinski definition) is 1. The standard InChI is InChI=1S/C20H23FN2O4S/c1-14-9-10-16(28(25,26)22-19-8-4-3-7-18(19)21)12-17(14)20(24)23(2)13-15-6-5-11-27-15/h3-4,7-10,12,15,22H,5-6,11,13H2,1-2H3. The minimum Gasteiger partial charge on any atom is -0.376 e. The summed E-state index contributed by atoms with van der Waals surface area (Å²) in [5.74, 6) is -0.957. The lowest BCUT2D eigenvalue weighted by Crippen LogP contribution is -2.34. The van der Waals surface area contributed by atoms with Crippen LogP contribution in [0.5, 0.6) is 0 Å². The van der Waals surface area contributed by atoms with Crippen LogP contribution in [0.25, 0.3) is 0 Å². The van der Waals surface area contributed by atoms with Crippen molar-refractivity contribution in [3.05, 3.63) is 59.4 Å². The monoisotopic (exact) mass is 406 g/mol. The molecule has 1 aliphatic rings. The third-order valence-electron chi connectivity index (χ3n) is 4.72. The van der Waals surface area contributed by atoms with E-state index >= 15 is 0 Å². The summed E-state index contributed by atoms with van der Waals surface area (Å²) in [5.41, 5.74) is 0.803. The quantitative estimate of drug-likeness (QED) is 0.799. The van der Waals surface area contributed by atoms with Crippen molar-refractivity contribution in [2.24, 2.45) is 0 Å². The summed E-state index contributed by atoms with van der Waals surface area (Å²) >= 11 is 0. The molecule has 150 valence electrons. The second-order valence-electron chi connectivity index (χ2n) is 6.88. The van der Waals surface area contributed by atoms with E-state index in [1.54, 1.807) is 24.9 Å². The average Bonchev–Trinajstić information content (AvgIpc) is 3.16. The van der Waals surface area contributed by atoms with E-state index in [1.165, 1.54) is 36.4 Å². The number of nitrogens with zero attached hydrogens (tertiary/aromatic N) is 1. The number of nitrogens with one attached hydrogen (secondary N) is 1. The van der Waals surface area contributed by atoms with E-state index in [-0.39, 0.29) is 28.2 Å². The first-order valence-electron chi connectivity index (χ1n) is 9.03. The molecule has 6 nitrogen and oxygen atoms in total. The third kappa shape index (κ3) is 4.51. The maximum atomic E-state index is 13.8. The predicted molar refractivity (Wildman–Crippen MR) is 104 cm³/mol. The van der Waals surface area contributed by atoms with E-state index in [4.69, 9.17) is 4.74 Å². The van der Waals surface area contributed by atoms with Gasteiger partial charge in [0.2, 0.25) is 0 Å². The van der Waals surface area contributed by atoms with Gasteiger partial charge in [0.1, 0.15) is 5.82 Å². The molecule has 0 radical (unpaired) electrons. The van der Waals surface area contributed by atoms with Crippen LogP contribution >= 0.6 is 0 Å². The lowest BCUT2D eigenvalue weighted by atomic mass is 10.1. The van der Waals surface area contributed by atoms with Crippen LogP contribution in [0.3, 0.4) is 0 Å². The Kier molecular flexibility index (Phi) is 6.00. The third-order valence-corrected chi connectivity index (χ3v) is 6.08. The molecule has 1 amide bonds. The summed E-state index contributed by atoms with van der Waals surface area (Å²) in [4.78, 5) is 14.3. The molecule has 1 saturated heterocycles. The molecule has 0 aromatic heterocycles. The normalized spacial score (nSPS) is 16.8. The number of carbonyl (C=O) groups excluding carboxylic acids is 1. The molecule has 2 aromatic rings. The van der Waals surface area contributed by atoms with E-state index in [0.29, 0.717) is 18.7 Å². The Balaban J connectivity index is 1.83. The van der Waals surface area contributed by atoms with Crippen LogP contribution in [0.15, 0.2) is 47.4 Å². The van der Waals surface area contributed by atoms with Gasteiger partial charge in [-0.2, -0.15) is 0 Å². The molecule has 1 unspecified atom stereocenters. The van der Waals surface area contributed by atoms with Gasteiger partial charge in [0.25, 0.3) is 15.9 Å². The SMILES string of the molecule is Cc1ccc(S(=O)(=O)Nc2ccccc2F)cc1C(=O)N(C)CC1CCCO1. The molecule has 0 aliphatic carbocycles. The summed E-state index contributed by atoms with van der Waals surface area (Å²) < 4.78 is 46.9. The van der Waals surface area contributed by atoms with Crippen molar-refractivity contribution in [1.29, 1.82) is 0 Å². The highest BCUT2D eigenvalue weighted by Gasteiger charge is 2.24. The zero-order valence-corrected chi connectivity index (χ0v) is 16.6. The number of hydrogen-bond acceptors (Lipinski definition) is 4. The van der Waals surface area contributed by atoms with Gasteiger partial charge in [-0.25, -0.2) is 12.8 Å². The van der Waals surface area contributed by atoms with Crippen LogP contribution < -0.4 is 4.72 Å². The van der Waals surface area contributed by atoms with Crippen molar-refractivity contribution < 1.29 is 22.3 Å². The first kappa shape index (κ1) is 20.3. The highest BCUT2D eigenvalue weighted by Crippen LogP contribution is 2.22. The predicted octanol–water partition coefficient (Wildman–Crippen LogP) is 3.19. The number of ether oxygens (including phenoxy) is 1. The molecule has 1 N–H and O–H groups in total. The highest BCUT2D eigenvalue weighted by atomic mass is 32.2. The molecule has 1 atom stereocenters. The minimum absolute atomic E-state index is 0.00361. The smallest absolute Gasteiger partial charge is 0.262 e. The Hall–Kier alpha value is -2.45. The number of rotatable bonds is 6. The maximum absolute atomic E-state index is 13.8. The number of carbonyl (C=O) groups is 1. The van der Waals surface area contributed by atoms with Gasteiger partial charge in [0.05, 0.1) is 16.7 Å². The van der Waals surface area contributed by atoms with Gasteiger partial charge in [-0.15, -0.1) is 0 Å². The van der Waals surface area contributed by atoms with Crippen LogP contribution in [0.4, 0.5) is 10.1 Å². The Bertz CT molecular complexity index is 972. The fourth-order valence-corrected chi connectivity index (χ4v) is 4.22. The van der Waals surface area contributed by atoms with E-state index in [0.717, 1.165) is 12.8 Å². The Morgan fingerprint density at radius 3 is 2.71 bits per heavy atom. The summed E-state index contributed by atoms with van der Waals surface area (Å²) in [5, 5.41) is 0. The Morgan fingerprint density at radius 2 is 2.04 bits per heavy atom. The number of para-hydroxylation sites is 1. The highest BCUT2D eigenvalue weighted by molar-refractivity contribution is 7.92. The van der Waals surface area contributed by atoms with Gasteiger partial charge in [-0.3, -0.25) is 9.52 Å². The van der Waals surface area contributed by atoms with Crippen LogP contribution in [0.1, 0.15) is 28.8 Å². The lowest BCUT2D eigenvalue weighted by molar-refractivity contribution is 0.0586. The summed E-state index contributed by atoms with van der Waals surface area (Å²) in [6.45, 7) is 2.89. The van der Waals surface area contributed by atoms with E-state index in [2.05, 4.69) is 4.72 Å². The zero-order valence-electron chi connectivity index (χ0n) is 15.8. The fourth-order valence-electron chi connectivity index (χ4n) is 3.13. The second kappa shape index (κ2) is 8.28. The first-order chi connectivity index (χ1) is 13.3. The topological polar surface area (TPSA) is 75.7 Å². The van der Waals surface area contributed by atoms with Gasteiger partial charge >= 0.3 is 0 Å². The first-order valence-corrected chi connectivity index (χ1v) is 10.5. The van der Waals surface area contributed by atoms with Gasteiger partial charge in [-0.1, -0.05) is 18.2 Å². The number of anilines is 1. The fraction of sp³-hybridized carbons (Fsp3) is 0.350.